The van der Waals surface area contributed by atoms with Crippen molar-refractivity contribution in [2.45, 2.75) is 49.1 Å². The van der Waals surface area contributed by atoms with Gasteiger partial charge < -0.3 is 5.73 Å². The van der Waals surface area contributed by atoms with Crippen molar-refractivity contribution in [2.24, 2.45) is 5.73 Å². The number of aromatic nitrogens is 2. The molecule has 31 heavy (non-hydrogen) atoms. The second-order valence-electron chi connectivity index (χ2n) is 8.52. The number of hydrogen-bond acceptors (Lipinski definition) is 4. The molecule has 0 saturated heterocycles. The maximum atomic E-state index is 14.2. The van der Waals surface area contributed by atoms with Gasteiger partial charge in [0.25, 0.3) is 5.56 Å². The fraction of sp³-hybridized carbons (Fsp3) is 0.320. The molecular formula is C25H25N3O2S. The number of thioether (sulfide) groups is 1. The van der Waals surface area contributed by atoms with E-state index in [2.05, 4.69) is 18.2 Å². The Bertz CT molecular complexity index is 1200. The zero-order valence-corrected chi connectivity index (χ0v) is 18.2. The van der Waals surface area contributed by atoms with Gasteiger partial charge in [0.15, 0.2) is 5.16 Å². The van der Waals surface area contributed by atoms with E-state index in [-0.39, 0.29) is 16.7 Å². The molecule has 158 valence electrons. The first-order valence-electron chi connectivity index (χ1n) is 10.8. The SMILES string of the molecule is NC(=O)CSc1nc2c(c(=O)n1-c1ccccc1)C1(CCCCC1)Cc1ccccc1-2. The van der Waals surface area contributed by atoms with Crippen LogP contribution in [0.3, 0.4) is 0 Å². The van der Waals surface area contributed by atoms with Gasteiger partial charge in [0.1, 0.15) is 0 Å². The molecule has 0 unspecified atom stereocenters. The zero-order chi connectivity index (χ0) is 21.4. The second kappa shape index (κ2) is 8.00. The number of nitrogens with zero attached hydrogens (tertiary/aromatic N) is 2. The van der Waals surface area contributed by atoms with E-state index < -0.39 is 5.91 Å². The lowest BCUT2D eigenvalue weighted by Crippen LogP contribution is -2.43. The highest BCUT2D eigenvalue weighted by atomic mass is 32.2. The summed E-state index contributed by atoms with van der Waals surface area (Å²) in [6, 6.07) is 17.9. The van der Waals surface area contributed by atoms with Gasteiger partial charge in [-0.3, -0.25) is 14.2 Å². The highest BCUT2D eigenvalue weighted by molar-refractivity contribution is 7.99. The third-order valence-corrected chi connectivity index (χ3v) is 7.51. The quantitative estimate of drug-likeness (QED) is 0.495. The highest BCUT2D eigenvalue weighted by Gasteiger charge is 2.43. The number of rotatable bonds is 4. The Hall–Kier alpha value is -2.86. The van der Waals surface area contributed by atoms with Crippen LogP contribution in [0.4, 0.5) is 0 Å². The number of para-hydroxylation sites is 1. The summed E-state index contributed by atoms with van der Waals surface area (Å²) in [7, 11) is 0. The molecule has 1 spiro atoms. The van der Waals surface area contributed by atoms with E-state index in [4.69, 9.17) is 10.7 Å². The number of benzene rings is 2. The Labute approximate surface area is 185 Å². The predicted molar refractivity (Wildman–Crippen MR) is 124 cm³/mol. The van der Waals surface area contributed by atoms with E-state index in [0.29, 0.717) is 5.16 Å². The number of hydrogen-bond donors (Lipinski definition) is 1. The van der Waals surface area contributed by atoms with E-state index in [1.54, 1.807) is 4.57 Å². The number of carbonyl (C=O) groups is 1. The summed E-state index contributed by atoms with van der Waals surface area (Å²) in [5.74, 6) is -0.356. The van der Waals surface area contributed by atoms with E-state index in [0.717, 1.165) is 54.6 Å². The third kappa shape index (κ3) is 3.49. The van der Waals surface area contributed by atoms with Gasteiger partial charge >= 0.3 is 0 Å². The Morgan fingerprint density at radius 3 is 2.48 bits per heavy atom. The fourth-order valence-electron chi connectivity index (χ4n) is 5.23. The van der Waals surface area contributed by atoms with Crippen LogP contribution in [0, 0.1) is 0 Å². The van der Waals surface area contributed by atoms with E-state index in [1.807, 2.05) is 36.4 Å². The Morgan fingerprint density at radius 2 is 1.74 bits per heavy atom. The molecule has 2 N–H and O–H groups in total. The first-order valence-corrected chi connectivity index (χ1v) is 11.8. The minimum atomic E-state index is -0.430. The van der Waals surface area contributed by atoms with Crippen molar-refractivity contribution in [1.82, 2.24) is 9.55 Å². The third-order valence-electron chi connectivity index (χ3n) is 6.55. The van der Waals surface area contributed by atoms with E-state index >= 15 is 0 Å². The minimum absolute atomic E-state index is 0.0143. The molecule has 1 saturated carbocycles. The molecule has 5 rings (SSSR count). The van der Waals surface area contributed by atoms with Crippen molar-refractivity contribution in [2.75, 3.05) is 5.75 Å². The molecule has 1 heterocycles. The smallest absolute Gasteiger partial charge is 0.263 e. The lowest BCUT2D eigenvalue weighted by molar-refractivity contribution is -0.115. The lowest BCUT2D eigenvalue weighted by Gasteiger charge is -2.42. The van der Waals surface area contributed by atoms with Crippen LogP contribution in [0.1, 0.15) is 43.2 Å². The second-order valence-corrected chi connectivity index (χ2v) is 9.47. The van der Waals surface area contributed by atoms with Crippen molar-refractivity contribution < 1.29 is 4.79 Å². The molecule has 6 heteroatoms. The molecular weight excluding hydrogens is 406 g/mol. The van der Waals surface area contributed by atoms with Crippen molar-refractivity contribution in [3.8, 4) is 16.9 Å². The molecule has 1 amide bonds. The van der Waals surface area contributed by atoms with E-state index in [9.17, 15) is 9.59 Å². The van der Waals surface area contributed by atoms with Gasteiger partial charge in [-0.05, 0) is 37.0 Å². The summed E-state index contributed by atoms with van der Waals surface area (Å²) in [4.78, 5) is 30.7. The number of carbonyl (C=O) groups excluding carboxylic acids is 1. The summed E-state index contributed by atoms with van der Waals surface area (Å²) in [5, 5.41) is 0.511. The van der Waals surface area contributed by atoms with Crippen LogP contribution >= 0.6 is 11.8 Å². The molecule has 2 aromatic carbocycles. The maximum Gasteiger partial charge on any atom is 0.263 e. The van der Waals surface area contributed by atoms with Crippen molar-refractivity contribution in [3.63, 3.8) is 0 Å². The summed E-state index contributed by atoms with van der Waals surface area (Å²) in [6.07, 6.45) is 6.37. The Morgan fingerprint density at radius 1 is 1.03 bits per heavy atom. The molecule has 1 aromatic heterocycles. The zero-order valence-electron chi connectivity index (χ0n) is 17.3. The number of fused-ring (bicyclic) bond motifs is 4. The number of primary amides is 1. The van der Waals surface area contributed by atoms with Gasteiger partial charge in [-0.1, -0.05) is 73.5 Å². The van der Waals surface area contributed by atoms with Crippen LogP contribution < -0.4 is 11.3 Å². The molecule has 0 bridgehead atoms. The molecule has 0 radical (unpaired) electrons. The predicted octanol–water partition coefficient (Wildman–Crippen LogP) is 4.23. The van der Waals surface area contributed by atoms with Crippen molar-refractivity contribution in [3.05, 3.63) is 76.1 Å². The standard InChI is InChI=1S/C25H25N3O2S/c26-20(29)16-31-24-27-22-19-12-6-5-9-17(19)15-25(13-7-2-8-14-25)21(22)23(30)28(24)18-10-3-1-4-11-18/h1,3-6,9-12H,2,7-8,13-16H2,(H2,26,29). The van der Waals surface area contributed by atoms with Gasteiger partial charge in [0, 0.05) is 11.0 Å². The molecule has 0 aliphatic heterocycles. The van der Waals surface area contributed by atoms with Gasteiger partial charge in [-0.15, -0.1) is 0 Å². The monoisotopic (exact) mass is 431 g/mol. The Kier molecular flexibility index (Phi) is 5.18. The van der Waals surface area contributed by atoms with Crippen molar-refractivity contribution >= 4 is 17.7 Å². The highest BCUT2D eigenvalue weighted by Crippen LogP contribution is 2.48. The topological polar surface area (TPSA) is 78.0 Å². The van der Waals surface area contributed by atoms with Crippen LogP contribution in [0.5, 0.6) is 0 Å². The molecule has 5 nitrogen and oxygen atoms in total. The fourth-order valence-corrected chi connectivity index (χ4v) is 5.97. The number of nitrogens with two attached hydrogens (primary N) is 1. The summed E-state index contributed by atoms with van der Waals surface area (Å²) >= 11 is 1.22. The first kappa shape index (κ1) is 20.1. The van der Waals surface area contributed by atoms with Gasteiger partial charge in [-0.2, -0.15) is 0 Å². The first-order chi connectivity index (χ1) is 15.1. The van der Waals surface area contributed by atoms with Crippen LogP contribution in [0.25, 0.3) is 16.9 Å². The van der Waals surface area contributed by atoms with Gasteiger partial charge in [-0.25, -0.2) is 4.98 Å². The van der Waals surface area contributed by atoms with Crippen LogP contribution in [0.2, 0.25) is 0 Å². The minimum Gasteiger partial charge on any atom is -0.369 e. The molecule has 3 aromatic rings. The van der Waals surface area contributed by atoms with Crippen LogP contribution in [0.15, 0.2) is 64.5 Å². The summed E-state index contributed by atoms with van der Waals surface area (Å²) < 4.78 is 1.68. The molecule has 0 atom stereocenters. The van der Waals surface area contributed by atoms with Crippen LogP contribution in [-0.2, 0) is 16.6 Å². The maximum absolute atomic E-state index is 14.2. The largest absolute Gasteiger partial charge is 0.369 e. The Balaban J connectivity index is 1.81. The normalized spacial score (nSPS) is 16.5. The summed E-state index contributed by atoms with van der Waals surface area (Å²) in [6.45, 7) is 0. The molecule has 2 aliphatic rings. The average Bonchev–Trinajstić information content (AvgIpc) is 2.78. The summed E-state index contributed by atoms with van der Waals surface area (Å²) in [5.41, 5.74) is 9.92. The average molecular weight is 432 g/mol. The van der Waals surface area contributed by atoms with Crippen molar-refractivity contribution in [1.29, 1.82) is 0 Å². The van der Waals surface area contributed by atoms with Gasteiger partial charge in [0.05, 0.1) is 22.7 Å². The van der Waals surface area contributed by atoms with Crippen LogP contribution in [-0.4, -0.2) is 21.2 Å². The molecule has 2 aliphatic carbocycles. The number of amides is 1. The van der Waals surface area contributed by atoms with Gasteiger partial charge in [0.2, 0.25) is 5.91 Å². The lowest BCUT2D eigenvalue weighted by atomic mass is 9.62. The molecule has 1 fully saturated rings. The van der Waals surface area contributed by atoms with E-state index in [1.165, 1.54) is 23.7 Å².